The van der Waals surface area contributed by atoms with E-state index in [1.165, 1.54) is 5.56 Å². The van der Waals surface area contributed by atoms with Crippen molar-refractivity contribution in [1.29, 1.82) is 0 Å². The zero-order valence-corrected chi connectivity index (χ0v) is 18.8. The molecule has 0 heterocycles. The highest BCUT2D eigenvalue weighted by Crippen LogP contribution is 2.34. The fourth-order valence-corrected chi connectivity index (χ4v) is 3.86. The van der Waals surface area contributed by atoms with Crippen molar-refractivity contribution in [1.82, 2.24) is 5.32 Å². The van der Waals surface area contributed by atoms with Gasteiger partial charge in [-0.05, 0) is 55.5 Å². The molecule has 1 aliphatic rings. The van der Waals surface area contributed by atoms with Gasteiger partial charge in [-0.3, -0.25) is 9.59 Å². The molecule has 164 valence electrons. The molecule has 1 atom stereocenters. The number of aryl methyl sites for hydroxylation is 1. The summed E-state index contributed by atoms with van der Waals surface area (Å²) >= 11 is 0. The largest absolute Gasteiger partial charge is 0.349 e. The molecule has 0 aromatic heterocycles. The maximum absolute atomic E-state index is 13.1. The maximum atomic E-state index is 13.1. The molecule has 1 aliphatic carbocycles. The second kappa shape index (κ2) is 9.82. The number of carbonyl (C=O) groups excluding carboxylic acids is 2. The minimum Gasteiger partial charge on any atom is -0.349 e. The highest BCUT2D eigenvalue weighted by molar-refractivity contribution is 5.96. The minimum atomic E-state index is -0.0543. The summed E-state index contributed by atoms with van der Waals surface area (Å²) in [4.78, 5) is 27.6. The smallest absolute Gasteiger partial charge is 0.230 e. The lowest BCUT2D eigenvalue weighted by molar-refractivity contribution is -0.121. The Morgan fingerprint density at radius 1 is 0.938 bits per heavy atom. The van der Waals surface area contributed by atoms with Crippen molar-refractivity contribution in [2.75, 3.05) is 4.90 Å². The van der Waals surface area contributed by atoms with E-state index in [-0.39, 0.29) is 30.2 Å². The second-order valence-electron chi connectivity index (χ2n) is 8.73. The van der Waals surface area contributed by atoms with Gasteiger partial charge in [0.2, 0.25) is 11.8 Å². The zero-order chi connectivity index (χ0) is 22.5. The third-order valence-electron chi connectivity index (χ3n) is 5.92. The molecule has 0 bridgehead atoms. The molecule has 3 aromatic carbocycles. The van der Waals surface area contributed by atoms with Crippen molar-refractivity contribution >= 4 is 17.5 Å². The number of nitrogens with one attached hydrogen (secondary N) is 1. The fourth-order valence-electron chi connectivity index (χ4n) is 3.86. The third kappa shape index (κ3) is 5.64. The lowest BCUT2D eigenvalue weighted by atomic mass is 10.1. The Balaban J connectivity index is 1.48. The van der Waals surface area contributed by atoms with Crippen molar-refractivity contribution in [3.63, 3.8) is 0 Å². The number of carbonyl (C=O) groups is 2. The molecule has 0 spiro atoms. The lowest BCUT2D eigenvalue weighted by Gasteiger charge is -2.24. The highest BCUT2D eigenvalue weighted by Gasteiger charge is 2.34. The maximum Gasteiger partial charge on any atom is 0.230 e. The van der Waals surface area contributed by atoms with Crippen LogP contribution >= 0.6 is 0 Å². The first kappa shape index (κ1) is 21.8. The standard InChI is InChI=1S/C28H30N2O2/c1-20-11-13-22(14-12-20)19-30(28(32)25-15-16-25)26-10-6-7-23(17-26)18-27(31)29-21(2)24-8-4-3-5-9-24/h3-14,17,21,25H,15-16,18-19H2,1-2H3,(H,29,31)/t21-/m0/s1. The first-order chi connectivity index (χ1) is 15.5. The van der Waals surface area contributed by atoms with Gasteiger partial charge in [-0.2, -0.15) is 0 Å². The number of rotatable bonds is 8. The van der Waals surface area contributed by atoms with E-state index in [0.717, 1.165) is 35.2 Å². The van der Waals surface area contributed by atoms with Gasteiger partial charge in [0.05, 0.1) is 19.0 Å². The lowest BCUT2D eigenvalue weighted by Crippen LogP contribution is -2.32. The van der Waals surface area contributed by atoms with E-state index in [1.807, 2.05) is 66.4 Å². The van der Waals surface area contributed by atoms with Crippen LogP contribution in [0, 0.1) is 12.8 Å². The monoisotopic (exact) mass is 426 g/mol. The van der Waals surface area contributed by atoms with Crippen LogP contribution in [0.5, 0.6) is 0 Å². The Bertz CT molecular complexity index is 1070. The summed E-state index contributed by atoms with van der Waals surface area (Å²) in [5.74, 6) is 0.265. The minimum absolute atomic E-state index is 0.0305. The van der Waals surface area contributed by atoms with Gasteiger partial charge in [-0.15, -0.1) is 0 Å². The van der Waals surface area contributed by atoms with E-state index in [1.54, 1.807) is 0 Å². The van der Waals surface area contributed by atoms with Crippen LogP contribution in [0.1, 0.15) is 48.1 Å². The zero-order valence-electron chi connectivity index (χ0n) is 18.8. The number of benzene rings is 3. The summed E-state index contributed by atoms with van der Waals surface area (Å²) in [5.41, 5.74) is 5.13. The van der Waals surface area contributed by atoms with Gasteiger partial charge in [-0.25, -0.2) is 0 Å². The molecule has 0 radical (unpaired) electrons. The molecule has 2 amide bonds. The van der Waals surface area contributed by atoms with Crippen molar-refractivity contribution in [2.24, 2.45) is 5.92 Å². The van der Waals surface area contributed by atoms with Gasteiger partial charge in [-0.1, -0.05) is 72.3 Å². The van der Waals surface area contributed by atoms with Crippen LogP contribution in [0.3, 0.4) is 0 Å². The summed E-state index contributed by atoms with van der Waals surface area (Å²) in [7, 11) is 0. The first-order valence-electron chi connectivity index (χ1n) is 11.3. The van der Waals surface area contributed by atoms with Gasteiger partial charge in [0, 0.05) is 11.6 Å². The summed E-state index contributed by atoms with van der Waals surface area (Å²) in [6.45, 7) is 4.58. The number of anilines is 1. The number of hydrogen-bond donors (Lipinski definition) is 1. The number of hydrogen-bond acceptors (Lipinski definition) is 2. The van der Waals surface area contributed by atoms with Gasteiger partial charge in [0.25, 0.3) is 0 Å². The topological polar surface area (TPSA) is 49.4 Å². The Hall–Kier alpha value is -3.40. The van der Waals surface area contributed by atoms with Crippen molar-refractivity contribution in [3.8, 4) is 0 Å². The Morgan fingerprint density at radius 3 is 2.34 bits per heavy atom. The normalized spacial score (nSPS) is 13.9. The predicted octanol–water partition coefficient (Wildman–Crippen LogP) is 5.36. The van der Waals surface area contributed by atoms with E-state index >= 15 is 0 Å². The molecule has 1 fully saturated rings. The second-order valence-corrected chi connectivity index (χ2v) is 8.73. The molecule has 0 unspecified atom stereocenters. The van der Waals surface area contributed by atoms with E-state index in [4.69, 9.17) is 0 Å². The molecule has 1 saturated carbocycles. The first-order valence-corrected chi connectivity index (χ1v) is 11.3. The molecule has 4 heteroatoms. The SMILES string of the molecule is Cc1ccc(CN(C(=O)C2CC2)c2cccc(CC(=O)N[C@@H](C)c3ccccc3)c2)cc1. The Morgan fingerprint density at radius 2 is 1.66 bits per heavy atom. The van der Waals surface area contributed by atoms with Crippen LogP contribution in [0.4, 0.5) is 5.69 Å². The predicted molar refractivity (Wildman–Crippen MR) is 128 cm³/mol. The molecular formula is C28H30N2O2. The Kier molecular flexibility index (Phi) is 6.69. The highest BCUT2D eigenvalue weighted by atomic mass is 16.2. The van der Waals surface area contributed by atoms with Crippen LogP contribution in [0.2, 0.25) is 0 Å². The third-order valence-corrected chi connectivity index (χ3v) is 5.92. The molecular weight excluding hydrogens is 396 g/mol. The van der Waals surface area contributed by atoms with Crippen LogP contribution in [0.15, 0.2) is 78.9 Å². The average Bonchev–Trinajstić information content (AvgIpc) is 3.64. The van der Waals surface area contributed by atoms with Crippen LogP contribution in [0.25, 0.3) is 0 Å². The van der Waals surface area contributed by atoms with E-state index < -0.39 is 0 Å². The van der Waals surface area contributed by atoms with Crippen molar-refractivity contribution < 1.29 is 9.59 Å². The molecule has 4 rings (SSSR count). The van der Waals surface area contributed by atoms with Crippen LogP contribution in [-0.4, -0.2) is 11.8 Å². The summed E-state index contributed by atoms with van der Waals surface area (Å²) < 4.78 is 0. The van der Waals surface area contributed by atoms with Gasteiger partial charge in [0.1, 0.15) is 0 Å². The summed E-state index contributed by atoms with van der Waals surface area (Å²) in [6, 6.07) is 26.0. The van der Waals surface area contributed by atoms with E-state index in [2.05, 4.69) is 36.5 Å². The summed E-state index contributed by atoms with van der Waals surface area (Å²) in [6.07, 6.45) is 2.20. The van der Waals surface area contributed by atoms with E-state index in [9.17, 15) is 9.59 Å². The summed E-state index contributed by atoms with van der Waals surface area (Å²) in [5, 5.41) is 3.07. The fraction of sp³-hybridized carbons (Fsp3) is 0.286. The molecule has 0 saturated heterocycles. The molecule has 32 heavy (non-hydrogen) atoms. The molecule has 0 aliphatic heterocycles. The van der Waals surface area contributed by atoms with E-state index in [0.29, 0.717) is 6.54 Å². The molecule has 4 nitrogen and oxygen atoms in total. The van der Waals surface area contributed by atoms with Gasteiger partial charge < -0.3 is 10.2 Å². The molecule has 1 N–H and O–H groups in total. The number of amides is 2. The van der Waals surface area contributed by atoms with Crippen LogP contribution in [-0.2, 0) is 22.6 Å². The van der Waals surface area contributed by atoms with Crippen molar-refractivity contribution in [2.45, 2.75) is 45.7 Å². The molecule has 3 aromatic rings. The van der Waals surface area contributed by atoms with Crippen molar-refractivity contribution in [3.05, 3.63) is 101 Å². The Labute approximate surface area is 190 Å². The van der Waals surface area contributed by atoms with Gasteiger partial charge in [0.15, 0.2) is 0 Å². The van der Waals surface area contributed by atoms with Gasteiger partial charge >= 0.3 is 0 Å². The quantitative estimate of drug-likeness (QED) is 0.527. The average molecular weight is 427 g/mol. The van der Waals surface area contributed by atoms with Crippen LogP contribution < -0.4 is 10.2 Å². The number of nitrogens with zero attached hydrogens (tertiary/aromatic N) is 1.